The monoisotopic (exact) mass is 289 g/mol. The normalized spacial score (nSPS) is 12.8. The lowest BCUT2D eigenvalue weighted by Crippen LogP contribution is -2.29. The van der Waals surface area contributed by atoms with Crippen LogP contribution in [0.2, 0.25) is 0 Å². The van der Waals surface area contributed by atoms with Crippen LogP contribution in [0.4, 0.5) is 4.39 Å². The predicted octanol–water partition coefficient (Wildman–Crippen LogP) is 2.84. The van der Waals surface area contributed by atoms with Crippen LogP contribution in [0.15, 0.2) is 22.7 Å². The van der Waals surface area contributed by atoms with Gasteiger partial charge in [0.1, 0.15) is 5.82 Å². The number of halogens is 2. The minimum absolute atomic E-state index is 0.159. The Kier molecular flexibility index (Phi) is 5.95. The Morgan fingerprint density at radius 1 is 1.50 bits per heavy atom. The zero-order chi connectivity index (χ0) is 12.0. The molecule has 0 saturated carbocycles. The van der Waals surface area contributed by atoms with Gasteiger partial charge in [0, 0.05) is 29.2 Å². The molecule has 1 aromatic carbocycles. The average Bonchev–Trinajstić information content (AvgIpc) is 2.28. The van der Waals surface area contributed by atoms with Gasteiger partial charge in [-0.05, 0) is 31.0 Å². The smallest absolute Gasteiger partial charge is 0.127 e. The second-order valence-corrected chi connectivity index (χ2v) is 4.65. The van der Waals surface area contributed by atoms with E-state index in [1.807, 2.05) is 6.92 Å². The van der Waals surface area contributed by atoms with Crippen LogP contribution in [0.5, 0.6) is 0 Å². The van der Waals surface area contributed by atoms with E-state index in [-0.39, 0.29) is 18.5 Å². The van der Waals surface area contributed by atoms with E-state index in [0.29, 0.717) is 18.5 Å². The third-order valence-corrected chi connectivity index (χ3v) is 3.05. The molecule has 16 heavy (non-hydrogen) atoms. The highest BCUT2D eigenvalue weighted by Gasteiger charge is 2.07. The molecule has 4 heteroatoms. The summed E-state index contributed by atoms with van der Waals surface area (Å²) in [5.74, 6) is -0.199. The van der Waals surface area contributed by atoms with Crippen molar-refractivity contribution in [1.29, 1.82) is 0 Å². The van der Waals surface area contributed by atoms with Gasteiger partial charge in [-0.2, -0.15) is 0 Å². The van der Waals surface area contributed by atoms with Crippen molar-refractivity contribution < 1.29 is 9.50 Å². The zero-order valence-corrected chi connectivity index (χ0v) is 10.9. The number of aliphatic hydroxyl groups excluding tert-OH is 1. The third-order valence-electron chi connectivity index (χ3n) is 2.56. The molecule has 0 amide bonds. The molecule has 0 spiro atoms. The second kappa shape index (κ2) is 6.99. The Labute approximate surface area is 104 Å². The molecule has 0 radical (unpaired) electrons. The number of hydrogen-bond acceptors (Lipinski definition) is 2. The first-order valence-corrected chi connectivity index (χ1v) is 6.24. The van der Waals surface area contributed by atoms with E-state index < -0.39 is 0 Å². The maximum Gasteiger partial charge on any atom is 0.127 e. The summed E-state index contributed by atoms with van der Waals surface area (Å²) in [4.78, 5) is 0. The minimum Gasteiger partial charge on any atom is -0.396 e. The summed E-state index contributed by atoms with van der Waals surface area (Å²) in [6.45, 7) is 2.70. The van der Waals surface area contributed by atoms with Crippen molar-refractivity contribution in [2.45, 2.75) is 32.4 Å². The molecule has 0 aliphatic heterocycles. The third kappa shape index (κ3) is 4.20. The fraction of sp³-hybridized carbons (Fsp3) is 0.500. The van der Waals surface area contributed by atoms with E-state index in [1.54, 1.807) is 12.1 Å². The summed E-state index contributed by atoms with van der Waals surface area (Å²) in [5.41, 5.74) is 0.644. The van der Waals surface area contributed by atoms with Crippen molar-refractivity contribution in [3.8, 4) is 0 Å². The summed E-state index contributed by atoms with van der Waals surface area (Å²) in [5, 5.41) is 12.1. The lowest BCUT2D eigenvalue weighted by Gasteiger charge is -2.16. The number of aliphatic hydroxyl groups is 1. The molecule has 1 rings (SSSR count). The molecule has 0 fully saturated rings. The number of hydrogen-bond donors (Lipinski definition) is 2. The quantitative estimate of drug-likeness (QED) is 0.844. The molecule has 1 atom stereocenters. The van der Waals surface area contributed by atoms with Gasteiger partial charge in [-0.3, -0.25) is 0 Å². The van der Waals surface area contributed by atoms with Crippen LogP contribution in [0.25, 0.3) is 0 Å². The fourth-order valence-corrected chi connectivity index (χ4v) is 1.95. The highest BCUT2D eigenvalue weighted by atomic mass is 79.9. The first-order chi connectivity index (χ1) is 7.67. The van der Waals surface area contributed by atoms with Crippen LogP contribution in [0.1, 0.15) is 25.3 Å². The molecule has 2 N–H and O–H groups in total. The summed E-state index contributed by atoms with van der Waals surface area (Å²) in [6, 6.07) is 5.15. The van der Waals surface area contributed by atoms with E-state index in [1.165, 1.54) is 6.07 Å². The van der Waals surface area contributed by atoms with Crippen molar-refractivity contribution in [3.05, 3.63) is 34.1 Å². The topological polar surface area (TPSA) is 32.3 Å². The summed E-state index contributed by atoms with van der Waals surface area (Å²) in [7, 11) is 0. The zero-order valence-electron chi connectivity index (χ0n) is 9.34. The van der Waals surface area contributed by atoms with Gasteiger partial charge in [0.05, 0.1) is 0 Å². The van der Waals surface area contributed by atoms with Crippen LogP contribution in [-0.2, 0) is 6.54 Å². The van der Waals surface area contributed by atoms with E-state index in [2.05, 4.69) is 21.2 Å². The fourth-order valence-electron chi connectivity index (χ4n) is 1.54. The molecule has 0 aliphatic rings. The average molecular weight is 290 g/mol. The maximum atomic E-state index is 13.4. The Morgan fingerprint density at radius 3 is 2.88 bits per heavy atom. The van der Waals surface area contributed by atoms with Gasteiger partial charge in [0.25, 0.3) is 0 Å². The summed E-state index contributed by atoms with van der Waals surface area (Å²) >= 11 is 3.32. The van der Waals surface area contributed by atoms with Crippen molar-refractivity contribution in [2.24, 2.45) is 0 Å². The molecule has 1 aromatic rings. The molecule has 2 nitrogen and oxygen atoms in total. The first-order valence-electron chi connectivity index (χ1n) is 5.45. The lowest BCUT2D eigenvalue weighted by atomic mass is 10.1. The highest BCUT2D eigenvalue weighted by Crippen LogP contribution is 2.15. The molecular weight excluding hydrogens is 273 g/mol. The minimum atomic E-state index is -0.199. The molecule has 0 bridgehead atoms. The summed E-state index contributed by atoms with van der Waals surface area (Å²) < 4.78 is 14.3. The van der Waals surface area contributed by atoms with Crippen LogP contribution < -0.4 is 5.32 Å². The first kappa shape index (κ1) is 13.6. The van der Waals surface area contributed by atoms with Crippen molar-refractivity contribution in [2.75, 3.05) is 6.61 Å². The largest absolute Gasteiger partial charge is 0.396 e. The number of rotatable bonds is 6. The molecular formula is C12H17BrFNO. The van der Waals surface area contributed by atoms with Gasteiger partial charge in [0.2, 0.25) is 0 Å². The number of nitrogens with one attached hydrogen (secondary N) is 1. The molecule has 1 unspecified atom stereocenters. The Balaban J connectivity index is 2.55. The van der Waals surface area contributed by atoms with Crippen molar-refractivity contribution >= 4 is 15.9 Å². The molecule has 0 heterocycles. The van der Waals surface area contributed by atoms with Gasteiger partial charge in [-0.25, -0.2) is 4.39 Å². The van der Waals surface area contributed by atoms with Crippen LogP contribution in [-0.4, -0.2) is 17.8 Å². The second-order valence-electron chi connectivity index (χ2n) is 3.73. The van der Waals surface area contributed by atoms with Crippen LogP contribution >= 0.6 is 15.9 Å². The number of benzene rings is 1. The molecule has 0 aliphatic carbocycles. The van der Waals surface area contributed by atoms with Gasteiger partial charge in [-0.15, -0.1) is 0 Å². The summed E-state index contributed by atoms with van der Waals surface area (Å²) in [6.07, 6.45) is 1.63. The van der Waals surface area contributed by atoms with E-state index in [0.717, 1.165) is 10.9 Å². The molecule has 0 saturated heterocycles. The van der Waals surface area contributed by atoms with Crippen LogP contribution in [0, 0.1) is 5.82 Å². The van der Waals surface area contributed by atoms with Gasteiger partial charge < -0.3 is 10.4 Å². The van der Waals surface area contributed by atoms with E-state index in [9.17, 15) is 4.39 Å². The van der Waals surface area contributed by atoms with Crippen LogP contribution in [0.3, 0.4) is 0 Å². The Bertz CT molecular complexity index is 333. The van der Waals surface area contributed by atoms with Crippen molar-refractivity contribution in [3.63, 3.8) is 0 Å². The van der Waals surface area contributed by atoms with E-state index in [4.69, 9.17) is 5.11 Å². The van der Waals surface area contributed by atoms with E-state index >= 15 is 0 Å². The van der Waals surface area contributed by atoms with Gasteiger partial charge >= 0.3 is 0 Å². The highest BCUT2D eigenvalue weighted by molar-refractivity contribution is 9.10. The molecule has 0 aromatic heterocycles. The Morgan fingerprint density at radius 2 is 2.25 bits per heavy atom. The Hall–Kier alpha value is -0.450. The van der Waals surface area contributed by atoms with Gasteiger partial charge in [0.15, 0.2) is 0 Å². The predicted molar refractivity (Wildman–Crippen MR) is 66.7 cm³/mol. The lowest BCUT2D eigenvalue weighted by molar-refractivity contribution is 0.261. The molecule has 90 valence electrons. The SMILES string of the molecule is CCC(CCO)NCc1cc(Br)ccc1F. The standard InChI is InChI=1S/C12H17BrFNO/c1-2-11(5-6-16)15-8-9-7-10(13)3-4-12(9)14/h3-4,7,11,15-16H,2,5-6,8H2,1H3. The van der Waals surface area contributed by atoms with Crippen molar-refractivity contribution in [1.82, 2.24) is 5.32 Å². The van der Waals surface area contributed by atoms with Gasteiger partial charge in [-0.1, -0.05) is 22.9 Å². The maximum absolute atomic E-state index is 13.4.